The van der Waals surface area contributed by atoms with Gasteiger partial charge >= 0.3 is 0 Å². The van der Waals surface area contributed by atoms with Crippen molar-refractivity contribution in [2.45, 2.75) is 17.7 Å². The molecule has 0 atom stereocenters. The number of nitrogens with one attached hydrogen (secondary N) is 1. The predicted molar refractivity (Wildman–Crippen MR) is 115 cm³/mol. The van der Waals surface area contributed by atoms with Crippen LogP contribution in [-0.4, -0.2) is 45.7 Å². The molecule has 1 fully saturated rings. The third kappa shape index (κ3) is 3.21. The Balaban J connectivity index is 1.56. The van der Waals surface area contributed by atoms with Crippen molar-refractivity contribution in [1.82, 2.24) is 24.2 Å². The van der Waals surface area contributed by atoms with E-state index < -0.39 is 10.0 Å². The summed E-state index contributed by atoms with van der Waals surface area (Å²) >= 11 is 0. The van der Waals surface area contributed by atoms with Gasteiger partial charge in [0.1, 0.15) is 5.69 Å². The Morgan fingerprint density at radius 1 is 1.00 bits per heavy atom. The third-order valence-electron chi connectivity index (χ3n) is 5.25. The zero-order valence-electron chi connectivity index (χ0n) is 16.1. The van der Waals surface area contributed by atoms with E-state index in [0.29, 0.717) is 35.9 Å². The number of nitrogen functional groups attached to an aromatic ring is 1. The Bertz CT molecular complexity index is 1310. The molecule has 1 saturated heterocycles. The molecule has 1 aliphatic heterocycles. The number of anilines is 1. The lowest BCUT2D eigenvalue weighted by Gasteiger charge is -2.16. The topological polar surface area (TPSA) is 118 Å². The van der Waals surface area contributed by atoms with Crippen molar-refractivity contribution in [3.05, 3.63) is 54.7 Å². The summed E-state index contributed by atoms with van der Waals surface area (Å²) in [6.07, 6.45) is 3.33. The van der Waals surface area contributed by atoms with Gasteiger partial charge in [-0.1, -0.05) is 24.3 Å². The lowest BCUT2D eigenvalue weighted by Crippen LogP contribution is -2.27. The van der Waals surface area contributed by atoms with E-state index in [4.69, 9.17) is 5.73 Å². The maximum atomic E-state index is 12.9. The van der Waals surface area contributed by atoms with Crippen LogP contribution in [0.1, 0.15) is 12.8 Å². The average Bonchev–Trinajstić information content (AvgIpc) is 3.44. The maximum Gasteiger partial charge on any atom is 0.243 e. The van der Waals surface area contributed by atoms with Crippen LogP contribution in [0.5, 0.6) is 0 Å². The minimum atomic E-state index is -3.52. The van der Waals surface area contributed by atoms with Crippen molar-refractivity contribution in [1.29, 1.82) is 0 Å². The number of para-hydroxylation sites is 2. The molecule has 0 spiro atoms. The van der Waals surface area contributed by atoms with Crippen molar-refractivity contribution < 1.29 is 8.42 Å². The molecule has 0 amide bonds. The van der Waals surface area contributed by atoms with Crippen molar-refractivity contribution in [2.75, 3.05) is 18.8 Å². The number of sulfonamides is 1. The number of rotatable bonds is 4. The number of fused-ring (bicyclic) bond motifs is 1. The molecular formula is C21H20N6O2S. The first-order valence-electron chi connectivity index (χ1n) is 9.70. The number of aromatic amines is 1. The van der Waals surface area contributed by atoms with E-state index in [9.17, 15) is 8.42 Å². The van der Waals surface area contributed by atoms with E-state index in [1.54, 1.807) is 24.4 Å². The Labute approximate surface area is 173 Å². The Hall–Kier alpha value is -3.30. The minimum Gasteiger partial charge on any atom is -0.382 e. The number of hydrogen-bond acceptors (Lipinski definition) is 6. The summed E-state index contributed by atoms with van der Waals surface area (Å²) in [7, 11) is -3.52. The molecule has 1 aliphatic rings. The number of aromatic nitrogens is 4. The quantitative estimate of drug-likeness (QED) is 0.524. The van der Waals surface area contributed by atoms with Crippen molar-refractivity contribution in [2.24, 2.45) is 0 Å². The molecule has 9 heteroatoms. The minimum absolute atomic E-state index is 0.249. The fourth-order valence-corrected chi connectivity index (χ4v) is 5.23. The number of nitrogens with zero attached hydrogens (tertiary/aromatic N) is 4. The fraction of sp³-hybridized carbons (Fsp3) is 0.190. The van der Waals surface area contributed by atoms with Gasteiger partial charge in [-0.3, -0.25) is 0 Å². The summed E-state index contributed by atoms with van der Waals surface area (Å²) in [6, 6.07) is 14.4. The molecule has 0 unspecified atom stereocenters. The largest absolute Gasteiger partial charge is 0.382 e. The number of imidazole rings is 1. The van der Waals surface area contributed by atoms with Gasteiger partial charge in [-0.15, -0.1) is 0 Å². The van der Waals surface area contributed by atoms with Crippen molar-refractivity contribution in [3.8, 4) is 22.8 Å². The van der Waals surface area contributed by atoms with Crippen LogP contribution in [-0.2, 0) is 10.0 Å². The molecule has 0 bridgehead atoms. The molecule has 0 aliphatic carbocycles. The smallest absolute Gasteiger partial charge is 0.243 e. The molecule has 30 heavy (non-hydrogen) atoms. The number of benzene rings is 2. The molecule has 0 radical (unpaired) electrons. The van der Waals surface area contributed by atoms with E-state index in [1.165, 1.54) is 4.31 Å². The SMILES string of the molecule is Nc1ncc(-c2cccc(S(=O)(=O)N3CCCC3)c2)nc1-c1nc2ccccc2[nH]1. The first-order chi connectivity index (χ1) is 14.5. The van der Waals surface area contributed by atoms with E-state index in [0.717, 1.165) is 23.9 Å². The summed E-state index contributed by atoms with van der Waals surface area (Å²) in [4.78, 5) is 16.9. The molecule has 3 heterocycles. The fourth-order valence-electron chi connectivity index (χ4n) is 3.67. The van der Waals surface area contributed by atoms with Crippen LogP contribution < -0.4 is 5.73 Å². The highest BCUT2D eigenvalue weighted by Crippen LogP contribution is 2.28. The van der Waals surface area contributed by atoms with Crippen LogP contribution in [0.4, 0.5) is 5.82 Å². The average molecular weight is 420 g/mol. The standard InChI is InChI=1S/C21H20N6O2S/c22-20-19(21-25-16-8-1-2-9-17(16)26-21)24-18(13-23-20)14-6-5-7-15(12-14)30(28,29)27-10-3-4-11-27/h1-2,5-9,12-13H,3-4,10-11H2,(H2,22,23)(H,25,26). The van der Waals surface area contributed by atoms with Gasteiger partial charge in [0.05, 0.1) is 27.8 Å². The van der Waals surface area contributed by atoms with Crippen molar-refractivity contribution in [3.63, 3.8) is 0 Å². The molecule has 152 valence electrons. The van der Waals surface area contributed by atoms with E-state index in [1.807, 2.05) is 30.3 Å². The molecule has 0 saturated carbocycles. The summed E-state index contributed by atoms with van der Waals surface area (Å²) in [5, 5.41) is 0. The maximum absolute atomic E-state index is 12.9. The van der Waals surface area contributed by atoms with Crippen molar-refractivity contribution >= 4 is 26.9 Å². The van der Waals surface area contributed by atoms with Gasteiger partial charge in [0, 0.05) is 18.7 Å². The predicted octanol–water partition coefficient (Wildman–Crippen LogP) is 3.05. The second-order valence-electron chi connectivity index (χ2n) is 7.23. The Kier molecular flexibility index (Phi) is 4.48. The second kappa shape index (κ2) is 7.19. The van der Waals surface area contributed by atoms with Crippen LogP contribution in [0.25, 0.3) is 33.8 Å². The van der Waals surface area contributed by atoms with Gasteiger partial charge in [0.25, 0.3) is 0 Å². The van der Waals surface area contributed by atoms with Gasteiger partial charge < -0.3 is 10.7 Å². The van der Waals surface area contributed by atoms with Crippen LogP contribution >= 0.6 is 0 Å². The molecule has 5 rings (SSSR count). The molecule has 4 aromatic rings. The molecule has 8 nitrogen and oxygen atoms in total. The summed E-state index contributed by atoms with van der Waals surface area (Å²) in [5.41, 5.74) is 9.35. The van der Waals surface area contributed by atoms with Crippen LogP contribution in [0.2, 0.25) is 0 Å². The third-order valence-corrected chi connectivity index (χ3v) is 7.14. The summed E-state index contributed by atoms with van der Waals surface area (Å²) in [6.45, 7) is 1.12. The van der Waals surface area contributed by atoms with E-state index >= 15 is 0 Å². The highest BCUT2D eigenvalue weighted by molar-refractivity contribution is 7.89. The van der Waals surface area contributed by atoms with Crippen LogP contribution in [0.15, 0.2) is 59.6 Å². The number of nitrogens with two attached hydrogens (primary N) is 1. The first kappa shape index (κ1) is 18.7. The van der Waals surface area contributed by atoms with Crippen LogP contribution in [0.3, 0.4) is 0 Å². The summed E-state index contributed by atoms with van der Waals surface area (Å²) in [5.74, 6) is 0.766. The van der Waals surface area contributed by atoms with Gasteiger partial charge in [0.15, 0.2) is 11.6 Å². The monoisotopic (exact) mass is 420 g/mol. The van der Waals surface area contributed by atoms with Crippen LogP contribution in [0, 0.1) is 0 Å². The van der Waals surface area contributed by atoms with Gasteiger partial charge in [-0.2, -0.15) is 4.31 Å². The van der Waals surface area contributed by atoms with Gasteiger partial charge in [0.2, 0.25) is 10.0 Å². The normalized spacial score (nSPS) is 15.1. The first-order valence-corrected chi connectivity index (χ1v) is 11.1. The van der Waals surface area contributed by atoms with Gasteiger partial charge in [-0.05, 0) is 37.1 Å². The molecular weight excluding hydrogens is 400 g/mol. The number of H-pyrrole nitrogens is 1. The molecule has 2 aromatic heterocycles. The molecule has 2 aromatic carbocycles. The van der Waals surface area contributed by atoms with E-state index in [2.05, 4.69) is 19.9 Å². The highest BCUT2D eigenvalue weighted by Gasteiger charge is 2.27. The summed E-state index contributed by atoms with van der Waals surface area (Å²) < 4.78 is 27.4. The lowest BCUT2D eigenvalue weighted by molar-refractivity contribution is 0.477. The Morgan fingerprint density at radius 2 is 1.80 bits per heavy atom. The van der Waals surface area contributed by atoms with Gasteiger partial charge in [-0.25, -0.2) is 23.4 Å². The lowest BCUT2D eigenvalue weighted by atomic mass is 10.1. The molecule has 3 N–H and O–H groups in total. The Morgan fingerprint density at radius 3 is 2.60 bits per heavy atom. The van der Waals surface area contributed by atoms with E-state index in [-0.39, 0.29) is 10.7 Å². The second-order valence-corrected chi connectivity index (χ2v) is 9.17. The number of hydrogen-bond donors (Lipinski definition) is 2. The zero-order valence-corrected chi connectivity index (χ0v) is 16.9. The highest BCUT2D eigenvalue weighted by atomic mass is 32.2. The zero-order chi connectivity index (χ0) is 20.7.